The molecular formula is C12H8ClN5O3. The van der Waals surface area contributed by atoms with E-state index in [9.17, 15) is 10.1 Å². The normalized spacial score (nSPS) is 10.8. The lowest BCUT2D eigenvalue weighted by Crippen LogP contribution is -1.95. The van der Waals surface area contributed by atoms with Crippen LogP contribution in [0.4, 0.5) is 5.69 Å². The maximum Gasteiger partial charge on any atom is 0.273 e. The Labute approximate surface area is 122 Å². The zero-order valence-corrected chi connectivity index (χ0v) is 11.5. The molecular weight excluding hydrogens is 298 g/mol. The number of aryl methyl sites for hydroxylation is 1. The fourth-order valence-electron chi connectivity index (χ4n) is 1.78. The third kappa shape index (κ3) is 2.48. The number of halogens is 1. The highest BCUT2D eigenvalue weighted by molar-refractivity contribution is 6.28. The number of nitro benzene ring substituents is 1. The summed E-state index contributed by atoms with van der Waals surface area (Å²) < 4.78 is 5.65. The van der Waals surface area contributed by atoms with Crippen LogP contribution < -0.4 is 4.74 Å². The van der Waals surface area contributed by atoms with Gasteiger partial charge in [-0.2, -0.15) is 15.1 Å². The van der Waals surface area contributed by atoms with Gasteiger partial charge in [0.2, 0.25) is 11.2 Å². The van der Waals surface area contributed by atoms with E-state index >= 15 is 0 Å². The van der Waals surface area contributed by atoms with Crippen molar-refractivity contribution >= 4 is 28.3 Å². The van der Waals surface area contributed by atoms with Crippen molar-refractivity contribution in [2.24, 2.45) is 0 Å². The third-order valence-corrected chi connectivity index (χ3v) is 3.01. The minimum atomic E-state index is -0.493. The van der Waals surface area contributed by atoms with Crippen LogP contribution in [0.3, 0.4) is 0 Å². The summed E-state index contributed by atoms with van der Waals surface area (Å²) in [4.78, 5) is 18.3. The van der Waals surface area contributed by atoms with Gasteiger partial charge in [-0.05, 0) is 30.2 Å². The average molecular weight is 306 g/mol. The third-order valence-electron chi connectivity index (χ3n) is 2.84. The van der Waals surface area contributed by atoms with Gasteiger partial charge in [0, 0.05) is 6.07 Å². The maximum atomic E-state index is 10.8. The number of fused-ring (bicyclic) bond motifs is 1. The van der Waals surface area contributed by atoms with E-state index in [1.54, 1.807) is 13.0 Å². The first-order valence-corrected chi connectivity index (χ1v) is 6.22. The molecule has 0 radical (unpaired) electrons. The van der Waals surface area contributed by atoms with Crippen molar-refractivity contribution in [3.8, 4) is 11.6 Å². The van der Waals surface area contributed by atoms with Crippen LogP contribution >= 0.6 is 11.6 Å². The van der Waals surface area contributed by atoms with Crippen molar-refractivity contribution in [1.29, 1.82) is 0 Å². The number of ether oxygens (including phenoxy) is 1. The second-order valence-electron chi connectivity index (χ2n) is 4.24. The molecule has 0 aliphatic heterocycles. The molecule has 3 rings (SSSR count). The summed E-state index contributed by atoms with van der Waals surface area (Å²) in [7, 11) is 0. The smallest absolute Gasteiger partial charge is 0.273 e. The molecule has 0 saturated carbocycles. The van der Waals surface area contributed by atoms with Gasteiger partial charge in [0.25, 0.3) is 5.69 Å². The quantitative estimate of drug-likeness (QED) is 0.453. The zero-order chi connectivity index (χ0) is 15.0. The zero-order valence-electron chi connectivity index (χ0n) is 10.7. The summed E-state index contributed by atoms with van der Waals surface area (Å²) in [5.41, 5.74) is 1.08. The number of nitrogens with one attached hydrogen (secondary N) is 1. The van der Waals surface area contributed by atoms with Gasteiger partial charge in [-0.25, -0.2) is 0 Å². The predicted octanol–water partition coefficient (Wildman–Crippen LogP) is 3.02. The lowest BCUT2D eigenvalue weighted by atomic mass is 10.2. The number of nitro groups is 1. The number of aromatic amines is 1. The molecule has 0 atom stereocenters. The Morgan fingerprint density at radius 1 is 1.38 bits per heavy atom. The van der Waals surface area contributed by atoms with Gasteiger partial charge in [0.15, 0.2) is 5.65 Å². The first-order valence-electron chi connectivity index (χ1n) is 5.84. The summed E-state index contributed by atoms with van der Waals surface area (Å²) in [5, 5.41) is 17.8. The van der Waals surface area contributed by atoms with Gasteiger partial charge < -0.3 is 4.74 Å². The molecule has 0 aliphatic carbocycles. The summed E-state index contributed by atoms with van der Waals surface area (Å²) in [6.07, 6.45) is 1.49. The summed E-state index contributed by atoms with van der Waals surface area (Å²) >= 11 is 5.81. The molecule has 8 nitrogen and oxygen atoms in total. The highest BCUT2D eigenvalue weighted by Gasteiger charge is 2.14. The van der Waals surface area contributed by atoms with Crippen LogP contribution in [0.25, 0.3) is 11.0 Å². The Morgan fingerprint density at radius 3 is 2.95 bits per heavy atom. The number of H-pyrrole nitrogens is 1. The first-order chi connectivity index (χ1) is 10.0. The molecule has 0 saturated heterocycles. The Balaban J connectivity index is 2.08. The Morgan fingerprint density at radius 2 is 2.19 bits per heavy atom. The fourth-order valence-corrected chi connectivity index (χ4v) is 1.94. The summed E-state index contributed by atoms with van der Waals surface area (Å²) in [5.74, 6) is 0.504. The number of non-ortho nitro benzene ring substituents is 1. The first kappa shape index (κ1) is 13.3. The Bertz CT molecular complexity index is 848. The second kappa shape index (κ2) is 4.98. The summed E-state index contributed by atoms with van der Waals surface area (Å²) in [6, 6.07) is 4.34. The van der Waals surface area contributed by atoms with Crippen molar-refractivity contribution in [2.45, 2.75) is 6.92 Å². The van der Waals surface area contributed by atoms with E-state index in [1.165, 1.54) is 18.3 Å². The van der Waals surface area contributed by atoms with Crippen molar-refractivity contribution in [3.63, 3.8) is 0 Å². The van der Waals surface area contributed by atoms with Gasteiger partial charge in [0.1, 0.15) is 11.1 Å². The van der Waals surface area contributed by atoms with Crippen LogP contribution in [-0.2, 0) is 0 Å². The van der Waals surface area contributed by atoms with Crippen LogP contribution in [0.5, 0.6) is 11.6 Å². The number of nitrogens with zero attached hydrogens (tertiary/aromatic N) is 4. The van der Waals surface area contributed by atoms with E-state index in [4.69, 9.17) is 16.3 Å². The Hall–Kier alpha value is -2.74. The number of aromatic nitrogens is 4. The molecule has 0 fully saturated rings. The van der Waals surface area contributed by atoms with Crippen molar-refractivity contribution in [3.05, 3.63) is 45.4 Å². The van der Waals surface area contributed by atoms with Crippen molar-refractivity contribution < 1.29 is 9.66 Å². The molecule has 0 aliphatic rings. The topological polar surface area (TPSA) is 107 Å². The Kier molecular flexibility index (Phi) is 3.15. The molecule has 0 unspecified atom stereocenters. The van der Waals surface area contributed by atoms with Gasteiger partial charge in [-0.3, -0.25) is 15.2 Å². The van der Waals surface area contributed by atoms with E-state index < -0.39 is 4.92 Å². The minimum absolute atomic E-state index is 0.00941. The minimum Gasteiger partial charge on any atom is -0.438 e. The highest BCUT2D eigenvalue weighted by atomic mass is 35.5. The molecule has 1 aromatic carbocycles. The molecule has 106 valence electrons. The molecule has 21 heavy (non-hydrogen) atoms. The molecule has 2 heterocycles. The van der Waals surface area contributed by atoms with Gasteiger partial charge in [-0.1, -0.05) is 0 Å². The summed E-state index contributed by atoms with van der Waals surface area (Å²) in [6.45, 7) is 1.77. The second-order valence-corrected chi connectivity index (χ2v) is 4.58. The number of hydrogen-bond acceptors (Lipinski definition) is 6. The lowest BCUT2D eigenvalue weighted by molar-refractivity contribution is -0.384. The average Bonchev–Trinajstić information content (AvgIpc) is 2.89. The van der Waals surface area contributed by atoms with E-state index in [0.29, 0.717) is 16.8 Å². The SMILES string of the molecule is Cc1ccc([N+](=O)[O-])cc1Oc1nc(Cl)nc2[nH]ncc12. The maximum absolute atomic E-state index is 10.8. The molecule has 0 amide bonds. The largest absolute Gasteiger partial charge is 0.438 e. The van der Waals surface area contributed by atoms with Crippen molar-refractivity contribution in [2.75, 3.05) is 0 Å². The fraction of sp³-hybridized carbons (Fsp3) is 0.0833. The van der Waals surface area contributed by atoms with Crippen LogP contribution in [0.15, 0.2) is 24.4 Å². The van der Waals surface area contributed by atoms with Gasteiger partial charge in [0.05, 0.1) is 17.2 Å². The molecule has 1 N–H and O–H groups in total. The molecule has 2 aromatic heterocycles. The van der Waals surface area contributed by atoms with Gasteiger partial charge >= 0.3 is 0 Å². The number of benzene rings is 1. The predicted molar refractivity (Wildman–Crippen MR) is 74.6 cm³/mol. The lowest BCUT2D eigenvalue weighted by Gasteiger charge is -2.08. The monoisotopic (exact) mass is 305 g/mol. The van der Waals surface area contributed by atoms with Crippen LogP contribution in [0, 0.1) is 17.0 Å². The van der Waals surface area contributed by atoms with E-state index in [2.05, 4.69) is 20.2 Å². The number of rotatable bonds is 3. The van der Waals surface area contributed by atoms with E-state index in [-0.39, 0.29) is 16.9 Å². The van der Waals surface area contributed by atoms with Crippen LogP contribution in [0.1, 0.15) is 5.56 Å². The molecule has 9 heteroatoms. The van der Waals surface area contributed by atoms with Crippen molar-refractivity contribution in [1.82, 2.24) is 20.2 Å². The molecule has 3 aromatic rings. The van der Waals surface area contributed by atoms with Crippen LogP contribution in [-0.4, -0.2) is 25.1 Å². The standard InChI is InChI=1S/C12H8ClN5O3/c1-6-2-3-7(18(19)20)4-9(6)21-11-8-5-14-17-10(8)15-12(13)16-11/h2-5H,1H3,(H,14,15,16,17). The molecule has 0 spiro atoms. The van der Waals surface area contributed by atoms with E-state index in [1.807, 2.05) is 0 Å². The van der Waals surface area contributed by atoms with Crippen LogP contribution in [0.2, 0.25) is 5.28 Å². The number of hydrogen-bond donors (Lipinski definition) is 1. The van der Waals surface area contributed by atoms with Gasteiger partial charge in [-0.15, -0.1) is 0 Å². The van der Waals surface area contributed by atoms with E-state index in [0.717, 1.165) is 5.56 Å². The highest BCUT2D eigenvalue weighted by Crippen LogP contribution is 2.31. The molecule has 0 bridgehead atoms.